The molecule has 1 atom stereocenters. The normalized spacial score (nSPS) is 12.9. The molecule has 0 spiro atoms. The Balaban J connectivity index is 2.27. The average molecular weight is 523 g/mol. The largest absolute Gasteiger partial charge is 0.496 e. The molecule has 10 nitrogen and oxygen atoms in total. The molecule has 2 aromatic carbocycles. The number of para-hydroxylation sites is 2. The molecule has 2 rings (SSSR count). The van der Waals surface area contributed by atoms with Crippen LogP contribution in [-0.2, 0) is 24.2 Å². The number of rotatable bonds is 12. The first kappa shape index (κ1) is 28.5. The Hall–Kier alpha value is -3.73. The van der Waals surface area contributed by atoms with Crippen molar-refractivity contribution in [3.63, 3.8) is 0 Å². The van der Waals surface area contributed by atoms with E-state index in [1.165, 1.54) is 47.5 Å². The number of esters is 2. The Morgan fingerprint density at radius 1 is 0.889 bits per heavy atom. The molecular weight excluding hydrogens is 492 g/mol. The van der Waals surface area contributed by atoms with E-state index in [-0.39, 0.29) is 17.9 Å². The van der Waals surface area contributed by atoms with E-state index in [0.717, 1.165) is 12.3 Å². The number of sulfone groups is 1. The lowest BCUT2D eigenvalue weighted by molar-refractivity contribution is -0.173. The molecule has 1 unspecified atom stereocenters. The Kier molecular flexibility index (Phi) is 9.74. The van der Waals surface area contributed by atoms with Crippen LogP contribution >= 0.6 is 0 Å². The Labute approximate surface area is 210 Å². The van der Waals surface area contributed by atoms with Gasteiger partial charge in [0.15, 0.2) is 21.3 Å². The van der Waals surface area contributed by atoms with Gasteiger partial charge in [0.2, 0.25) is 5.60 Å². The van der Waals surface area contributed by atoms with Gasteiger partial charge in [-0.15, -0.1) is 0 Å². The third-order valence-corrected chi connectivity index (χ3v) is 6.46. The minimum atomic E-state index is -3.88. The van der Waals surface area contributed by atoms with Crippen molar-refractivity contribution in [1.29, 1.82) is 0 Å². The maximum absolute atomic E-state index is 12.9. The smallest absolute Gasteiger partial charge is 0.355 e. The maximum atomic E-state index is 12.9. The summed E-state index contributed by atoms with van der Waals surface area (Å²) in [5, 5.41) is 0.972. The van der Waals surface area contributed by atoms with Crippen LogP contribution in [0.1, 0.15) is 25.8 Å². The van der Waals surface area contributed by atoms with E-state index in [2.05, 4.69) is 0 Å². The number of carbonyl (C=O) groups excluding carboxylic acids is 2. The first-order valence-electron chi connectivity index (χ1n) is 10.7. The number of ether oxygens (including phenoxy) is 6. The van der Waals surface area contributed by atoms with Gasteiger partial charge in [-0.2, -0.15) is 0 Å². The van der Waals surface area contributed by atoms with Crippen molar-refractivity contribution in [2.45, 2.75) is 25.9 Å². The van der Waals surface area contributed by atoms with Crippen LogP contribution in [0.2, 0.25) is 0 Å². The number of methoxy groups -OCH3 is 4. The summed E-state index contributed by atoms with van der Waals surface area (Å²) in [5.41, 5.74) is -1.49. The van der Waals surface area contributed by atoms with E-state index in [1.807, 2.05) is 0 Å². The van der Waals surface area contributed by atoms with Gasteiger partial charge in [-0.3, -0.25) is 4.79 Å². The van der Waals surface area contributed by atoms with Crippen molar-refractivity contribution in [2.24, 2.45) is 0 Å². The molecular formula is C25H30O10S. The van der Waals surface area contributed by atoms with Gasteiger partial charge in [0, 0.05) is 30.9 Å². The zero-order valence-electron chi connectivity index (χ0n) is 21.0. The highest BCUT2D eigenvalue weighted by Gasteiger charge is 2.40. The molecule has 0 heterocycles. The predicted octanol–water partition coefficient (Wildman–Crippen LogP) is 3.42. The first-order valence-corrected chi connectivity index (χ1v) is 12.5. The summed E-state index contributed by atoms with van der Waals surface area (Å²) in [6.45, 7) is 2.41. The quantitative estimate of drug-likeness (QED) is 0.302. The second kappa shape index (κ2) is 12.3. The van der Waals surface area contributed by atoms with Gasteiger partial charge in [0.1, 0.15) is 17.2 Å². The molecule has 0 aliphatic rings. The van der Waals surface area contributed by atoms with Crippen LogP contribution in [0.3, 0.4) is 0 Å². The SMILES string of the molecule is COc1cc(OC)c(C=CS(=O)(=O)CCC(C)(OC(C)=O)C(=O)Oc2ccccc2OC)c(OC)c1. The van der Waals surface area contributed by atoms with Crippen LogP contribution in [0.5, 0.6) is 28.7 Å². The molecule has 0 aromatic heterocycles. The van der Waals surface area contributed by atoms with Gasteiger partial charge in [0.05, 0.1) is 39.8 Å². The van der Waals surface area contributed by atoms with E-state index >= 15 is 0 Å². The number of carbonyl (C=O) groups is 2. The van der Waals surface area contributed by atoms with E-state index in [4.69, 9.17) is 28.4 Å². The van der Waals surface area contributed by atoms with Crippen molar-refractivity contribution < 1.29 is 46.4 Å². The van der Waals surface area contributed by atoms with Gasteiger partial charge in [-0.1, -0.05) is 12.1 Å². The molecule has 196 valence electrons. The average Bonchev–Trinajstić information content (AvgIpc) is 2.85. The van der Waals surface area contributed by atoms with Gasteiger partial charge < -0.3 is 28.4 Å². The maximum Gasteiger partial charge on any atom is 0.355 e. The molecule has 0 radical (unpaired) electrons. The van der Waals surface area contributed by atoms with Crippen molar-refractivity contribution in [1.82, 2.24) is 0 Å². The zero-order valence-corrected chi connectivity index (χ0v) is 21.8. The lowest BCUT2D eigenvalue weighted by atomic mass is 10.0. The third-order valence-electron chi connectivity index (χ3n) is 5.13. The fourth-order valence-corrected chi connectivity index (χ4v) is 4.35. The summed E-state index contributed by atoms with van der Waals surface area (Å²) in [6, 6.07) is 9.57. The molecule has 0 saturated heterocycles. The van der Waals surface area contributed by atoms with Crippen LogP contribution < -0.4 is 23.7 Å². The Morgan fingerprint density at radius 3 is 1.94 bits per heavy atom. The third kappa shape index (κ3) is 7.38. The standard InChI is InChI=1S/C25H30O10S/c1-17(26)35-25(2,24(27)34-21-10-8-7-9-20(21)31-4)12-14-36(28,29)13-11-19-22(32-5)15-18(30-3)16-23(19)33-6/h7-11,13,15-16H,12,14H2,1-6H3. The number of benzene rings is 2. The summed E-state index contributed by atoms with van der Waals surface area (Å²) in [7, 11) is 1.86. The summed E-state index contributed by atoms with van der Waals surface area (Å²) < 4.78 is 57.3. The second-order valence-electron chi connectivity index (χ2n) is 7.73. The Morgan fingerprint density at radius 2 is 1.44 bits per heavy atom. The molecule has 2 aromatic rings. The summed E-state index contributed by atoms with van der Waals surface area (Å²) in [6.07, 6.45) is 0.965. The highest BCUT2D eigenvalue weighted by atomic mass is 32.2. The van der Waals surface area contributed by atoms with Crippen LogP contribution in [0, 0.1) is 0 Å². The first-order chi connectivity index (χ1) is 17.0. The molecule has 0 saturated carbocycles. The number of hydrogen-bond acceptors (Lipinski definition) is 10. The highest BCUT2D eigenvalue weighted by Crippen LogP contribution is 2.35. The molecule has 0 amide bonds. The predicted molar refractivity (Wildman–Crippen MR) is 132 cm³/mol. The van der Waals surface area contributed by atoms with Crippen molar-refractivity contribution in [3.8, 4) is 28.7 Å². The molecule has 0 fully saturated rings. The highest BCUT2D eigenvalue weighted by molar-refractivity contribution is 7.94. The molecule has 0 bridgehead atoms. The topological polar surface area (TPSA) is 124 Å². The zero-order chi connectivity index (χ0) is 26.9. The summed E-state index contributed by atoms with van der Waals surface area (Å²) in [5.74, 6) is -0.705. The fraction of sp³-hybridized carbons (Fsp3) is 0.360. The minimum Gasteiger partial charge on any atom is -0.496 e. The molecule has 0 aliphatic heterocycles. The summed E-state index contributed by atoms with van der Waals surface area (Å²) in [4.78, 5) is 24.7. The lowest BCUT2D eigenvalue weighted by Crippen LogP contribution is -2.44. The van der Waals surface area contributed by atoms with Crippen molar-refractivity contribution in [2.75, 3.05) is 34.2 Å². The fourth-order valence-electron chi connectivity index (χ4n) is 3.20. The van der Waals surface area contributed by atoms with Gasteiger partial charge in [0.25, 0.3) is 0 Å². The number of hydrogen-bond donors (Lipinski definition) is 0. The van der Waals surface area contributed by atoms with E-state index in [9.17, 15) is 18.0 Å². The van der Waals surface area contributed by atoms with Crippen LogP contribution in [-0.4, -0.2) is 60.1 Å². The lowest BCUT2D eigenvalue weighted by Gasteiger charge is -2.26. The van der Waals surface area contributed by atoms with E-state index < -0.39 is 33.1 Å². The van der Waals surface area contributed by atoms with E-state index in [0.29, 0.717) is 22.8 Å². The molecule has 0 aliphatic carbocycles. The molecule has 11 heteroatoms. The summed E-state index contributed by atoms with van der Waals surface area (Å²) >= 11 is 0. The minimum absolute atomic E-state index is 0.102. The van der Waals surface area contributed by atoms with Crippen molar-refractivity contribution >= 4 is 27.9 Å². The monoisotopic (exact) mass is 522 g/mol. The van der Waals surface area contributed by atoms with Gasteiger partial charge in [-0.05, 0) is 25.1 Å². The molecule has 36 heavy (non-hydrogen) atoms. The van der Waals surface area contributed by atoms with Gasteiger partial charge in [-0.25, -0.2) is 13.2 Å². The van der Waals surface area contributed by atoms with Crippen molar-refractivity contribution in [3.05, 3.63) is 47.4 Å². The van der Waals surface area contributed by atoms with Crippen LogP contribution in [0.15, 0.2) is 41.8 Å². The van der Waals surface area contributed by atoms with Crippen LogP contribution in [0.4, 0.5) is 0 Å². The van der Waals surface area contributed by atoms with Crippen LogP contribution in [0.25, 0.3) is 6.08 Å². The molecule has 0 N–H and O–H groups in total. The van der Waals surface area contributed by atoms with E-state index in [1.54, 1.807) is 30.3 Å². The van der Waals surface area contributed by atoms with Gasteiger partial charge >= 0.3 is 11.9 Å². The Bertz CT molecular complexity index is 1190. The second-order valence-corrected chi connectivity index (χ2v) is 9.74.